The molecule has 0 fully saturated rings. The Morgan fingerprint density at radius 1 is 1.03 bits per heavy atom. The Labute approximate surface area is 185 Å². The Hall–Kier alpha value is -2.87. The minimum atomic E-state index is -3.70. The number of carbonyl (C=O) groups excluding carboxylic acids is 2. The van der Waals surface area contributed by atoms with E-state index < -0.39 is 22.0 Å². The summed E-state index contributed by atoms with van der Waals surface area (Å²) in [6.45, 7) is 3.67. The molecule has 0 heterocycles. The van der Waals surface area contributed by atoms with Crippen molar-refractivity contribution in [2.45, 2.75) is 32.7 Å². The second kappa shape index (κ2) is 10.9. The molecule has 0 spiro atoms. The van der Waals surface area contributed by atoms with Crippen LogP contribution in [0.4, 0.5) is 5.69 Å². The van der Waals surface area contributed by atoms with Crippen LogP contribution < -0.4 is 9.62 Å². The fourth-order valence-corrected chi connectivity index (χ4v) is 4.24. The van der Waals surface area contributed by atoms with E-state index in [4.69, 9.17) is 0 Å². The van der Waals surface area contributed by atoms with Gasteiger partial charge in [0.25, 0.3) is 0 Å². The van der Waals surface area contributed by atoms with Crippen LogP contribution in [-0.2, 0) is 26.0 Å². The fourth-order valence-electron chi connectivity index (χ4n) is 3.39. The molecule has 0 aliphatic heterocycles. The molecule has 0 radical (unpaired) electrons. The lowest BCUT2D eigenvalue weighted by Gasteiger charge is -2.32. The normalized spacial score (nSPS) is 12.1. The molecule has 8 heteroatoms. The summed E-state index contributed by atoms with van der Waals surface area (Å²) in [5.74, 6) is -0.692. The minimum Gasteiger partial charge on any atom is -0.357 e. The van der Waals surface area contributed by atoms with E-state index in [1.54, 1.807) is 24.3 Å². The molecule has 0 aliphatic rings. The van der Waals surface area contributed by atoms with Crippen molar-refractivity contribution < 1.29 is 18.0 Å². The summed E-state index contributed by atoms with van der Waals surface area (Å²) in [4.78, 5) is 27.3. The van der Waals surface area contributed by atoms with Gasteiger partial charge in [-0.2, -0.15) is 0 Å². The molecule has 0 aromatic heterocycles. The van der Waals surface area contributed by atoms with Gasteiger partial charge in [0.05, 0.1) is 11.9 Å². The van der Waals surface area contributed by atoms with Crippen LogP contribution in [-0.4, -0.2) is 57.6 Å². The number of nitrogens with zero attached hydrogens (tertiary/aromatic N) is 2. The number of carbonyl (C=O) groups is 2. The first-order valence-corrected chi connectivity index (χ1v) is 12.1. The minimum absolute atomic E-state index is 0.273. The number of sulfonamides is 1. The van der Waals surface area contributed by atoms with E-state index in [1.165, 1.54) is 11.9 Å². The lowest BCUT2D eigenvalue weighted by molar-refractivity contribution is -0.139. The predicted octanol–water partition coefficient (Wildman–Crippen LogP) is 2.36. The van der Waals surface area contributed by atoms with Gasteiger partial charge in [-0.3, -0.25) is 13.9 Å². The van der Waals surface area contributed by atoms with Gasteiger partial charge in [-0.15, -0.1) is 0 Å². The second-order valence-electron chi connectivity index (χ2n) is 7.47. The van der Waals surface area contributed by atoms with Crippen LogP contribution in [0.5, 0.6) is 0 Å². The molecule has 2 aromatic rings. The Balaban J connectivity index is 2.32. The van der Waals surface area contributed by atoms with Gasteiger partial charge in [0, 0.05) is 13.6 Å². The van der Waals surface area contributed by atoms with Crippen LogP contribution in [0.1, 0.15) is 24.5 Å². The summed E-state index contributed by atoms with van der Waals surface area (Å²) in [6, 6.07) is 15.9. The number of amides is 2. The summed E-state index contributed by atoms with van der Waals surface area (Å²) in [6.07, 6.45) is 2.05. The zero-order valence-electron chi connectivity index (χ0n) is 18.5. The number of likely N-dealkylation sites (N-methyl/N-ethyl adjacent to an activating group) is 1. The van der Waals surface area contributed by atoms with Gasteiger partial charge in [0.2, 0.25) is 21.8 Å². The first-order valence-electron chi connectivity index (χ1n) is 10.3. The van der Waals surface area contributed by atoms with Crippen molar-refractivity contribution in [3.63, 3.8) is 0 Å². The molecule has 1 N–H and O–H groups in total. The van der Waals surface area contributed by atoms with Gasteiger partial charge in [-0.25, -0.2) is 8.42 Å². The van der Waals surface area contributed by atoms with Crippen LogP contribution in [0.3, 0.4) is 0 Å². The highest BCUT2D eigenvalue weighted by Gasteiger charge is 2.30. The Bertz CT molecular complexity index is 976. The third-order valence-corrected chi connectivity index (χ3v) is 6.26. The molecule has 7 nitrogen and oxygen atoms in total. The van der Waals surface area contributed by atoms with Gasteiger partial charge < -0.3 is 10.2 Å². The first kappa shape index (κ1) is 24.4. The fraction of sp³-hybridized carbons (Fsp3) is 0.391. The third kappa shape index (κ3) is 6.82. The molecule has 0 saturated carbocycles. The molecule has 0 unspecified atom stereocenters. The van der Waals surface area contributed by atoms with Gasteiger partial charge >= 0.3 is 0 Å². The van der Waals surface area contributed by atoms with E-state index in [9.17, 15) is 18.0 Å². The molecule has 168 valence electrons. The highest BCUT2D eigenvalue weighted by atomic mass is 32.2. The van der Waals surface area contributed by atoms with Gasteiger partial charge in [0.15, 0.2) is 0 Å². The Kier molecular flexibility index (Phi) is 8.62. The number of nitrogens with one attached hydrogen (secondary N) is 1. The standard InChI is InChI=1S/C23H31N3O4S/c1-5-21(23(28)24-3)25(16-15-19-9-7-6-8-10-19)22(27)17-26(31(4,29)30)20-13-11-18(2)12-14-20/h6-14,21H,5,15-17H2,1-4H3,(H,24,28)/t21-/m0/s1. The maximum absolute atomic E-state index is 13.3. The average Bonchev–Trinajstić information content (AvgIpc) is 2.75. The van der Waals surface area contributed by atoms with E-state index in [0.29, 0.717) is 25.1 Å². The number of hydrogen-bond acceptors (Lipinski definition) is 4. The number of aryl methyl sites for hydroxylation is 1. The largest absolute Gasteiger partial charge is 0.357 e. The van der Waals surface area contributed by atoms with Crippen LogP contribution in [0.25, 0.3) is 0 Å². The molecular formula is C23H31N3O4S. The van der Waals surface area contributed by atoms with Crippen molar-refractivity contribution in [2.24, 2.45) is 0 Å². The van der Waals surface area contributed by atoms with Crippen LogP contribution in [0.15, 0.2) is 54.6 Å². The highest BCUT2D eigenvalue weighted by Crippen LogP contribution is 2.19. The smallest absolute Gasteiger partial charge is 0.244 e. The summed E-state index contributed by atoms with van der Waals surface area (Å²) >= 11 is 0. The lowest BCUT2D eigenvalue weighted by Crippen LogP contribution is -2.52. The van der Waals surface area contributed by atoms with Gasteiger partial charge in [-0.05, 0) is 37.5 Å². The number of benzene rings is 2. The molecule has 2 amide bonds. The quantitative estimate of drug-likeness (QED) is 0.608. The highest BCUT2D eigenvalue weighted by molar-refractivity contribution is 7.92. The van der Waals surface area contributed by atoms with Gasteiger partial charge in [0.1, 0.15) is 12.6 Å². The van der Waals surface area contributed by atoms with Crippen molar-refractivity contribution in [1.82, 2.24) is 10.2 Å². The van der Waals surface area contributed by atoms with Crippen molar-refractivity contribution in [2.75, 3.05) is 30.7 Å². The number of hydrogen-bond donors (Lipinski definition) is 1. The number of anilines is 1. The summed E-state index contributed by atoms with van der Waals surface area (Å²) in [5.41, 5.74) is 2.43. The van der Waals surface area contributed by atoms with Crippen molar-refractivity contribution in [3.05, 3.63) is 65.7 Å². The molecule has 0 bridgehead atoms. The zero-order valence-corrected chi connectivity index (χ0v) is 19.4. The van der Waals surface area contributed by atoms with E-state index in [2.05, 4.69) is 5.32 Å². The SMILES string of the molecule is CC[C@@H](C(=O)NC)N(CCc1ccccc1)C(=O)CN(c1ccc(C)cc1)S(C)(=O)=O. The van der Waals surface area contributed by atoms with E-state index in [0.717, 1.165) is 21.7 Å². The molecule has 0 aliphatic carbocycles. The molecule has 31 heavy (non-hydrogen) atoms. The number of rotatable bonds is 10. The van der Waals surface area contributed by atoms with Crippen LogP contribution in [0.2, 0.25) is 0 Å². The maximum atomic E-state index is 13.3. The van der Waals surface area contributed by atoms with Crippen molar-refractivity contribution >= 4 is 27.5 Å². The third-order valence-electron chi connectivity index (χ3n) is 5.12. The molecule has 0 saturated heterocycles. The van der Waals surface area contributed by atoms with Crippen molar-refractivity contribution in [1.29, 1.82) is 0 Å². The van der Waals surface area contributed by atoms with E-state index >= 15 is 0 Å². The molecule has 2 rings (SSSR count). The van der Waals surface area contributed by atoms with Crippen LogP contribution in [0, 0.1) is 6.92 Å². The molecule has 1 atom stereocenters. The summed E-state index contributed by atoms with van der Waals surface area (Å²) in [7, 11) is -2.17. The molecular weight excluding hydrogens is 414 g/mol. The average molecular weight is 446 g/mol. The summed E-state index contributed by atoms with van der Waals surface area (Å²) < 4.78 is 26.0. The van der Waals surface area contributed by atoms with Gasteiger partial charge in [-0.1, -0.05) is 55.0 Å². The monoisotopic (exact) mass is 445 g/mol. The molecule has 2 aromatic carbocycles. The Morgan fingerprint density at radius 3 is 2.16 bits per heavy atom. The predicted molar refractivity (Wildman–Crippen MR) is 123 cm³/mol. The summed E-state index contributed by atoms with van der Waals surface area (Å²) in [5, 5.41) is 2.61. The zero-order chi connectivity index (χ0) is 23.0. The Morgan fingerprint density at radius 2 is 1.65 bits per heavy atom. The first-order chi connectivity index (χ1) is 14.7. The van der Waals surface area contributed by atoms with E-state index in [-0.39, 0.29) is 12.5 Å². The topological polar surface area (TPSA) is 86.8 Å². The lowest BCUT2D eigenvalue weighted by atomic mass is 10.1. The van der Waals surface area contributed by atoms with Crippen molar-refractivity contribution in [3.8, 4) is 0 Å². The second-order valence-corrected chi connectivity index (χ2v) is 9.37. The maximum Gasteiger partial charge on any atom is 0.244 e. The van der Waals surface area contributed by atoms with Crippen LogP contribution >= 0.6 is 0 Å². The van der Waals surface area contributed by atoms with E-state index in [1.807, 2.05) is 44.2 Å².